The Balaban J connectivity index is 0.00000180. The van der Waals surface area contributed by atoms with Crippen LogP contribution in [0.1, 0.15) is 23.5 Å². The first-order valence-electron chi connectivity index (χ1n) is 6.42. The minimum absolute atomic E-state index is 0. The lowest BCUT2D eigenvalue weighted by Crippen LogP contribution is -2.40. The van der Waals surface area contributed by atoms with Gasteiger partial charge in [-0.1, -0.05) is 18.2 Å². The largest absolute Gasteiger partial charge is 0.496 e. The quantitative estimate of drug-likeness (QED) is 0.815. The van der Waals surface area contributed by atoms with Crippen molar-refractivity contribution in [2.45, 2.75) is 24.8 Å². The van der Waals surface area contributed by atoms with E-state index < -0.39 is 0 Å². The SMILES string of the molecule is C=CCN[C@@H]1CCc2cccc(OC)c2[C@@H]1CO.Cl. The van der Waals surface area contributed by atoms with Crippen LogP contribution in [0.2, 0.25) is 0 Å². The zero-order chi connectivity index (χ0) is 13.0. The number of halogens is 1. The molecule has 0 aromatic heterocycles. The molecule has 0 saturated heterocycles. The van der Waals surface area contributed by atoms with Crippen LogP contribution in [0.3, 0.4) is 0 Å². The summed E-state index contributed by atoms with van der Waals surface area (Å²) in [6, 6.07) is 6.40. The maximum Gasteiger partial charge on any atom is 0.122 e. The number of hydrogen-bond acceptors (Lipinski definition) is 3. The summed E-state index contributed by atoms with van der Waals surface area (Å²) in [4.78, 5) is 0. The van der Waals surface area contributed by atoms with E-state index in [4.69, 9.17) is 4.74 Å². The fourth-order valence-corrected chi connectivity index (χ4v) is 2.82. The number of nitrogens with one attached hydrogen (secondary N) is 1. The standard InChI is InChI=1S/C15H21NO2.ClH/c1-3-9-16-13-8-7-11-5-4-6-14(18-2)15(11)12(13)10-17;/h3-6,12-13,16-17H,1,7-10H2,2H3;1H/t12-,13-;/m1./s1. The van der Waals surface area contributed by atoms with Crippen molar-refractivity contribution in [2.75, 3.05) is 20.3 Å². The smallest absolute Gasteiger partial charge is 0.122 e. The van der Waals surface area contributed by atoms with Gasteiger partial charge in [0.1, 0.15) is 5.75 Å². The van der Waals surface area contributed by atoms with Crippen LogP contribution in [0.25, 0.3) is 0 Å². The molecule has 1 aliphatic rings. The molecule has 3 nitrogen and oxygen atoms in total. The van der Waals surface area contributed by atoms with E-state index in [0.717, 1.165) is 30.7 Å². The Morgan fingerprint density at radius 1 is 1.53 bits per heavy atom. The molecule has 2 atom stereocenters. The van der Waals surface area contributed by atoms with Crippen molar-refractivity contribution >= 4 is 12.4 Å². The van der Waals surface area contributed by atoms with Gasteiger partial charge in [-0.2, -0.15) is 0 Å². The second-order valence-corrected chi connectivity index (χ2v) is 4.66. The lowest BCUT2D eigenvalue weighted by atomic mass is 9.79. The van der Waals surface area contributed by atoms with Crippen molar-refractivity contribution in [2.24, 2.45) is 0 Å². The lowest BCUT2D eigenvalue weighted by Gasteiger charge is -2.34. The average Bonchev–Trinajstić information content (AvgIpc) is 2.43. The number of hydrogen-bond donors (Lipinski definition) is 2. The lowest BCUT2D eigenvalue weighted by molar-refractivity contribution is 0.222. The van der Waals surface area contributed by atoms with E-state index in [1.54, 1.807) is 7.11 Å². The Morgan fingerprint density at radius 2 is 2.32 bits per heavy atom. The van der Waals surface area contributed by atoms with Crippen molar-refractivity contribution in [1.82, 2.24) is 5.32 Å². The number of aliphatic hydroxyl groups is 1. The summed E-state index contributed by atoms with van der Waals surface area (Å²) in [6.07, 6.45) is 3.92. The summed E-state index contributed by atoms with van der Waals surface area (Å²) in [6.45, 7) is 4.63. The molecular weight excluding hydrogens is 262 g/mol. The number of ether oxygens (including phenoxy) is 1. The number of benzene rings is 1. The Kier molecular flexibility index (Phi) is 6.35. The van der Waals surface area contributed by atoms with Crippen molar-refractivity contribution in [1.29, 1.82) is 0 Å². The first kappa shape index (κ1) is 16.0. The fraction of sp³-hybridized carbons (Fsp3) is 0.467. The van der Waals surface area contributed by atoms with Gasteiger partial charge in [-0.3, -0.25) is 0 Å². The highest BCUT2D eigenvalue weighted by molar-refractivity contribution is 5.85. The topological polar surface area (TPSA) is 41.5 Å². The van der Waals surface area contributed by atoms with Crippen molar-refractivity contribution in [3.8, 4) is 5.75 Å². The van der Waals surface area contributed by atoms with Gasteiger partial charge in [0.25, 0.3) is 0 Å². The summed E-state index contributed by atoms with van der Waals surface area (Å²) in [5.41, 5.74) is 2.46. The van der Waals surface area contributed by atoms with E-state index in [0.29, 0.717) is 0 Å². The second kappa shape index (κ2) is 7.53. The molecule has 0 fully saturated rings. The Morgan fingerprint density at radius 3 is 2.95 bits per heavy atom. The van der Waals surface area contributed by atoms with Crippen LogP contribution in [0.4, 0.5) is 0 Å². The van der Waals surface area contributed by atoms with Gasteiger partial charge in [0.2, 0.25) is 0 Å². The predicted octanol–water partition coefficient (Wildman–Crippen LogP) is 2.28. The molecule has 0 radical (unpaired) electrons. The minimum Gasteiger partial charge on any atom is -0.496 e. The van der Waals surface area contributed by atoms with Gasteiger partial charge in [-0.15, -0.1) is 19.0 Å². The van der Waals surface area contributed by atoms with Crippen LogP contribution in [-0.4, -0.2) is 31.4 Å². The summed E-state index contributed by atoms with van der Waals surface area (Å²) in [5, 5.41) is 13.1. The second-order valence-electron chi connectivity index (χ2n) is 4.66. The highest BCUT2D eigenvalue weighted by atomic mass is 35.5. The number of fused-ring (bicyclic) bond motifs is 1. The van der Waals surface area contributed by atoms with Gasteiger partial charge in [0.05, 0.1) is 13.7 Å². The van der Waals surface area contributed by atoms with Gasteiger partial charge >= 0.3 is 0 Å². The number of aryl methyl sites for hydroxylation is 1. The zero-order valence-corrected chi connectivity index (χ0v) is 12.1. The molecule has 0 bridgehead atoms. The molecular formula is C15H22ClNO2. The third-order valence-corrected chi connectivity index (χ3v) is 3.68. The molecule has 0 spiro atoms. The summed E-state index contributed by atoms with van der Waals surface area (Å²) in [5.74, 6) is 0.988. The van der Waals surface area contributed by atoms with E-state index in [9.17, 15) is 5.11 Å². The molecule has 1 aliphatic carbocycles. The molecule has 0 saturated carbocycles. The Labute approximate surface area is 121 Å². The maximum atomic E-state index is 9.71. The summed E-state index contributed by atoms with van der Waals surface area (Å²) >= 11 is 0. The number of methoxy groups -OCH3 is 1. The van der Waals surface area contributed by atoms with E-state index in [-0.39, 0.29) is 31.0 Å². The van der Waals surface area contributed by atoms with E-state index >= 15 is 0 Å². The molecule has 0 unspecified atom stereocenters. The number of rotatable bonds is 5. The molecule has 106 valence electrons. The first-order valence-corrected chi connectivity index (χ1v) is 6.42. The molecule has 4 heteroatoms. The average molecular weight is 284 g/mol. The van der Waals surface area contributed by atoms with Crippen LogP contribution in [0.5, 0.6) is 5.75 Å². The fourth-order valence-electron chi connectivity index (χ4n) is 2.82. The van der Waals surface area contributed by atoms with Crippen LogP contribution >= 0.6 is 12.4 Å². The van der Waals surface area contributed by atoms with E-state index in [1.807, 2.05) is 18.2 Å². The van der Waals surface area contributed by atoms with Crippen LogP contribution < -0.4 is 10.1 Å². The van der Waals surface area contributed by atoms with Crippen LogP contribution in [-0.2, 0) is 6.42 Å². The monoisotopic (exact) mass is 283 g/mol. The van der Waals surface area contributed by atoms with Gasteiger partial charge in [-0.05, 0) is 24.5 Å². The third-order valence-electron chi connectivity index (χ3n) is 3.68. The van der Waals surface area contributed by atoms with Gasteiger partial charge in [0, 0.05) is 24.1 Å². The van der Waals surface area contributed by atoms with Gasteiger partial charge in [-0.25, -0.2) is 0 Å². The van der Waals surface area contributed by atoms with Gasteiger partial charge < -0.3 is 15.2 Å². The Bertz CT molecular complexity index is 408. The summed E-state index contributed by atoms with van der Waals surface area (Å²) in [7, 11) is 1.69. The third kappa shape index (κ3) is 3.30. The van der Waals surface area contributed by atoms with Crippen molar-refractivity contribution in [3.63, 3.8) is 0 Å². The maximum absolute atomic E-state index is 9.71. The molecule has 1 aromatic rings. The Hall–Kier alpha value is -1.03. The summed E-state index contributed by atoms with van der Waals surface area (Å²) < 4.78 is 5.44. The molecule has 0 aliphatic heterocycles. The molecule has 2 rings (SSSR count). The molecule has 1 aromatic carbocycles. The zero-order valence-electron chi connectivity index (χ0n) is 11.3. The van der Waals surface area contributed by atoms with Crippen LogP contribution in [0.15, 0.2) is 30.9 Å². The first-order chi connectivity index (χ1) is 8.81. The van der Waals surface area contributed by atoms with E-state index in [1.165, 1.54) is 5.56 Å². The van der Waals surface area contributed by atoms with E-state index in [2.05, 4.69) is 18.0 Å². The molecule has 19 heavy (non-hydrogen) atoms. The number of aliphatic hydroxyl groups excluding tert-OH is 1. The molecule has 2 N–H and O–H groups in total. The normalized spacial score (nSPS) is 21.2. The highest BCUT2D eigenvalue weighted by Gasteiger charge is 2.30. The predicted molar refractivity (Wildman–Crippen MR) is 80.4 cm³/mol. The van der Waals surface area contributed by atoms with Crippen molar-refractivity contribution in [3.05, 3.63) is 42.0 Å². The van der Waals surface area contributed by atoms with Crippen molar-refractivity contribution < 1.29 is 9.84 Å². The molecule has 0 amide bonds. The van der Waals surface area contributed by atoms with Gasteiger partial charge in [0.15, 0.2) is 0 Å². The molecule has 0 heterocycles. The minimum atomic E-state index is 0. The highest BCUT2D eigenvalue weighted by Crippen LogP contribution is 2.37. The van der Waals surface area contributed by atoms with Crippen LogP contribution in [0, 0.1) is 0 Å².